The predicted molar refractivity (Wildman–Crippen MR) is 84.5 cm³/mol. The molecule has 1 amide bonds. The first-order valence-electron chi connectivity index (χ1n) is 7.23. The SMILES string of the molecule is COC[C@@H]1C[C@@H](OC)CN1C(=O)Cc1c(Cl)cccc1OC. The van der Waals surface area contributed by atoms with E-state index in [2.05, 4.69) is 0 Å². The molecule has 2 rings (SSSR count). The molecule has 2 atom stereocenters. The molecule has 1 fully saturated rings. The molecule has 122 valence electrons. The second-order valence-corrected chi connectivity index (χ2v) is 5.75. The molecule has 0 unspecified atom stereocenters. The summed E-state index contributed by atoms with van der Waals surface area (Å²) in [6.07, 6.45) is 1.05. The van der Waals surface area contributed by atoms with Crippen LogP contribution in [0.4, 0.5) is 0 Å². The normalized spacial score (nSPS) is 21.2. The van der Waals surface area contributed by atoms with E-state index in [-0.39, 0.29) is 24.5 Å². The molecule has 1 saturated heterocycles. The first-order chi connectivity index (χ1) is 10.6. The van der Waals surface area contributed by atoms with Crippen LogP contribution >= 0.6 is 11.6 Å². The van der Waals surface area contributed by atoms with Crippen molar-refractivity contribution in [3.8, 4) is 5.75 Å². The number of carbonyl (C=O) groups excluding carboxylic acids is 1. The number of rotatable bonds is 6. The molecule has 0 saturated carbocycles. The van der Waals surface area contributed by atoms with Crippen molar-refractivity contribution in [3.63, 3.8) is 0 Å². The number of benzene rings is 1. The zero-order valence-corrected chi connectivity index (χ0v) is 13.9. The van der Waals surface area contributed by atoms with Gasteiger partial charge in [-0.2, -0.15) is 0 Å². The van der Waals surface area contributed by atoms with Gasteiger partial charge in [0.15, 0.2) is 0 Å². The highest BCUT2D eigenvalue weighted by atomic mass is 35.5. The summed E-state index contributed by atoms with van der Waals surface area (Å²) in [4.78, 5) is 14.5. The number of nitrogens with zero attached hydrogens (tertiary/aromatic N) is 1. The number of likely N-dealkylation sites (tertiary alicyclic amines) is 1. The number of ether oxygens (including phenoxy) is 3. The second kappa shape index (κ2) is 7.81. The van der Waals surface area contributed by atoms with Gasteiger partial charge in [0.25, 0.3) is 0 Å². The molecule has 1 aliphatic heterocycles. The van der Waals surface area contributed by atoms with E-state index >= 15 is 0 Å². The molecule has 0 spiro atoms. The van der Waals surface area contributed by atoms with Crippen LogP contribution in [0.15, 0.2) is 18.2 Å². The minimum Gasteiger partial charge on any atom is -0.496 e. The summed E-state index contributed by atoms with van der Waals surface area (Å²) in [5.41, 5.74) is 0.716. The highest BCUT2D eigenvalue weighted by Gasteiger charge is 2.35. The van der Waals surface area contributed by atoms with Crippen LogP contribution in [-0.4, -0.2) is 57.4 Å². The minimum atomic E-state index is 0.00741. The second-order valence-electron chi connectivity index (χ2n) is 5.35. The fourth-order valence-corrected chi connectivity index (χ4v) is 3.09. The quantitative estimate of drug-likeness (QED) is 0.803. The monoisotopic (exact) mass is 327 g/mol. The van der Waals surface area contributed by atoms with Gasteiger partial charge in [-0.15, -0.1) is 0 Å². The third-order valence-electron chi connectivity index (χ3n) is 4.01. The zero-order chi connectivity index (χ0) is 16.1. The molecule has 1 aromatic rings. The largest absolute Gasteiger partial charge is 0.496 e. The number of halogens is 1. The van der Waals surface area contributed by atoms with E-state index in [4.69, 9.17) is 25.8 Å². The highest BCUT2D eigenvalue weighted by molar-refractivity contribution is 6.31. The van der Waals surface area contributed by atoms with Gasteiger partial charge in [-0.05, 0) is 18.6 Å². The van der Waals surface area contributed by atoms with E-state index in [1.165, 1.54) is 0 Å². The number of hydrogen-bond acceptors (Lipinski definition) is 4. The molecule has 6 heteroatoms. The predicted octanol–water partition coefficient (Wildman–Crippen LogP) is 2.15. The van der Waals surface area contributed by atoms with Crippen molar-refractivity contribution in [2.45, 2.75) is 25.0 Å². The Kier molecular flexibility index (Phi) is 6.06. The van der Waals surface area contributed by atoms with Crippen LogP contribution in [0.1, 0.15) is 12.0 Å². The minimum absolute atomic E-state index is 0.00741. The fraction of sp³-hybridized carbons (Fsp3) is 0.562. The molecule has 5 nitrogen and oxygen atoms in total. The maximum atomic E-state index is 12.7. The Balaban J connectivity index is 2.14. The molecule has 1 aliphatic rings. The maximum Gasteiger partial charge on any atom is 0.227 e. The molecular formula is C16H22ClNO4. The summed E-state index contributed by atoms with van der Waals surface area (Å²) in [5, 5.41) is 0.540. The topological polar surface area (TPSA) is 48.0 Å². The summed E-state index contributed by atoms with van der Waals surface area (Å²) < 4.78 is 15.9. The van der Waals surface area contributed by atoms with E-state index in [0.717, 1.165) is 6.42 Å². The third-order valence-corrected chi connectivity index (χ3v) is 4.37. The summed E-state index contributed by atoms with van der Waals surface area (Å²) >= 11 is 6.21. The van der Waals surface area contributed by atoms with Crippen molar-refractivity contribution in [1.29, 1.82) is 0 Å². The van der Waals surface area contributed by atoms with Crippen LogP contribution < -0.4 is 4.74 Å². The molecule has 0 radical (unpaired) electrons. The zero-order valence-electron chi connectivity index (χ0n) is 13.2. The van der Waals surface area contributed by atoms with Gasteiger partial charge < -0.3 is 19.1 Å². The van der Waals surface area contributed by atoms with E-state index in [0.29, 0.717) is 29.5 Å². The van der Waals surface area contributed by atoms with E-state index in [1.807, 2.05) is 11.0 Å². The Morgan fingerprint density at radius 1 is 1.36 bits per heavy atom. The number of hydrogen-bond donors (Lipinski definition) is 0. The number of carbonyl (C=O) groups is 1. The van der Waals surface area contributed by atoms with Crippen molar-refractivity contribution in [3.05, 3.63) is 28.8 Å². The first kappa shape index (κ1) is 17.1. The average Bonchev–Trinajstić information content (AvgIpc) is 2.93. The van der Waals surface area contributed by atoms with E-state index in [9.17, 15) is 4.79 Å². The summed E-state index contributed by atoms with van der Waals surface area (Å²) in [7, 11) is 4.88. The summed E-state index contributed by atoms with van der Waals surface area (Å²) in [6.45, 7) is 1.08. The van der Waals surface area contributed by atoms with Crippen molar-refractivity contribution < 1.29 is 19.0 Å². The lowest BCUT2D eigenvalue weighted by molar-refractivity contribution is -0.132. The average molecular weight is 328 g/mol. The van der Waals surface area contributed by atoms with Crippen LogP contribution in [0.3, 0.4) is 0 Å². The van der Waals surface area contributed by atoms with Crippen molar-refractivity contribution in [2.75, 3.05) is 34.5 Å². The highest BCUT2D eigenvalue weighted by Crippen LogP contribution is 2.29. The fourth-order valence-electron chi connectivity index (χ4n) is 2.85. The molecule has 1 aromatic carbocycles. The van der Waals surface area contributed by atoms with Crippen molar-refractivity contribution in [2.24, 2.45) is 0 Å². The Labute approximate surface area is 136 Å². The molecule has 0 aliphatic carbocycles. The van der Waals surface area contributed by atoms with Crippen LogP contribution in [-0.2, 0) is 20.7 Å². The molecular weight excluding hydrogens is 306 g/mol. The summed E-state index contributed by atoms with van der Waals surface area (Å²) in [6, 6.07) is 5.42. The smallest absolute Gasteiger partial charge is 0.227 e. The Morgan fingerprint density at radius 2 is 2.14 bits per heavy atom. The molecule has 1 heterocycles. The van der Waals surface area contributed by atoms with Crippen LogP contribution in [0.5, 0.6) is 5.75 Å². The van der Waals surface area contributed by atoms with Crippen molar-refractivity contribution >= 4 is 17.5 Å². The van der Waals surface area contributed by atoms with Gasteiger partial charge in [0.05, 0.1) is 32.3 Å². The van der Waals surface area contributed by atoms with Gasteiger partial charge in [-0.1, -0.05) is 17.7 Å². The molecule has 22 heavy (non-hydrogen) atoms. The third kappa shape index (κ3) is 3.72. The van der Waals surface area contributed by atoms with Crippen LogP contribution in [0.25, 0.3) is 0 Å². The summed E-state index contributed by atoms with van der Waals surface area (Å²) in [5.74, 6) is 0.639. The lowest BCUT2D eigenvalue weighted by Gasteiger charge is -2.24. The molecule has 0 N–H and O–H groups in total. The van der Waals surface area contributed by atoms with E-state index < -0.39 is 0 Å². The van der Waals surface area contributed by atoms with Gasteiger partial charge in [-0.3, -0.25) is 4.79 Å². The van der Waals surface area contributed by atoms with Gasteiger partial charge in [0.1, 0.15) is 5.75 Å². The van der Waals surface area contributed by atoms with Crippen LogP contribution in [0.2, 0.25) is 5.02 Å². The van der Waals surface area contributed by atoms with Gasteiger partial charge in [-0.25, -0.2) is 0 Å². The van der Waals surface area contributed by atoms with Gasteiger partial charge >= 0.3 is 0 Å². The molecule has 0 aromatic heterocycles. The number of amides is 1. The molecule has 0 bridgehead atoms. The van der Waals surface area contributed by atoms with Gasteiger partial charge in [0.2, 0.25) is 5.91 Å². The van der Waals surface area contributed by atoms with E-state index in [1.54, 1.807) is 33.5 Å². The van der Waals surface area contributed by atoms with Crippen molar-refractivity contribution in [1.82, 2.24) is 4.90 Å². The lowest BCUT2D eigenvalue weighted by Crippen LogP contribution is -2.39. The maximum absolute atomic E-state index is 12.7. The Bertz CT molecular complexity index is 523. The number of methoxy groups -OCH3 is 3. The first-order valence-corrected chi connectivity index (χ1v) is 7.61. The Hall–Kier alpha value is -1.30. The van der Waals surface area contributed by atoms with Gasteiger partial charge in [0, 0.05) is 31.4 Å². The lowest BCUT2D eigenvalue weighted by atomic mass is 10.1. The standard InChI is InChI=1S/C16H22ClNO4/c1-20-10-11-7-12(21-2)9-18(11)16(19)8-13-14(17)5-4-6-15(13)22-3/h4-6,11-12H,7-10H2,1-3H3/t11-,12+/m0/s1. The Morgan fingerprint density at radius 3 is 2.77 bits per heavy atom. The van der Waals surface area contributed by atoms with Crippen LogP contribution in [0, 0.1) is 0 Å².